The second kappa shape index (κ2) is 8.74. The maximum atomic E-state index is 8.92. The van der Waals surface area contributed by atoms with Crippen molar-refractivity contribution in [2.24, 2.45) is 0 Å². The molecule has 0 aliphatic heterocycles. The summed E-state index contributed by atoms with van der Waals surface area (Å²) in [7, 11) is 7.86. The number of rotatable bonds is 2. The second-order valence-electron chi connectivity index (χ2n) is 4.82. The van der Waals surface area contributed by atoms with Crippen LogP contribution in [0.15, 0.2) is 48.5 Å². The Morgan fingerprint density at radius 1 is 0.571 bits per heavy atom. The van der Waals surface area contributed by atoms with E-state index in [4.69, 9.17) is 10.2 Å². The van der Waals surface area contributed by atoms with Gasteiger partial charge in [-0.3, -0.25) is 0 Å². The Hall–Kier alpha value is -2.36. The molecule has 0 spiro atoms. The summed E-state index contributed by atoms with van der Waals surface area (Å²) in [6, 6.07) is 14.2. The molecule has 2 aromatic carbocycles. The molecule has 2 N–H and O–H groups in total. The highest BCUT2D eigenvalue weighted by Crippen LogP contribution is 2.16. The molecule has 21 heavy (non-hydrogen) atoms. The third-order valence-electron chi connectivity index (χ3n) is 2.73. The highest BCUT2D eigenvalue weighted by atomic mass is 16.3. The smallest absolute Gasteiger partial charge is 0.115 e. The summed E-state index contributed by atoms with van der Waals surface area (Å²) in [6.07, 6.45) is 0. The van der Waals surface area contributed by atoms with Crippen LogP contribution in [0, 0.1) is 0 Å². The van der Waals surface area contributed by atoms with Gasteiger partial charge in [-0.05, 0) is 48.5 Å². The standard InChI is InChI=1S/2C8H11NO.CH4/c2*1-9(2)7-3-5-8(10)6-4-7;/h2*3-6,10H,1-2H3;1H4. The van der Waals surface area contributed by atoms with Crippen molar-refractivity contribution in [3.05, 3.63) is 48.5 Å². The first kappa shape index (κ1) is 18.6. The van der Waals surface area contributed by atoms with Gasteiger partial charge in [0.25, 0.3) is 0 Å². The van der Waals surface area contributed by atoms with E-state index < -0.39 is 0 Å². The largest absolute Gasteiger partial charge is 0.508 e. The highest BCUT2D eigenvalue weighted by Gasteiger charge is 1.92. The third kappa shape index (κ3) is 6.56. The number of phenols is 2. The Kier molecular flexibility index (Phi) is 7.76. The lowest BCUT2D eigenvalue weighted by Gasteiger charge is -2.11. The van der Waals surface area contributed by atoms with Gasteiger partial charge in [0, 0.05) is 39.6 Å². The summed E-state index contributed by atoms with van der Waals surface area (Å²) in [6.45, 7) is 0. The van der Waals surface area contributed by atoms with Crippen LogP contribution < -0.4 is 9.80 Å². The lowest BCUT2D eigenvalue weighted by atomic mass is 10.3. The van der Waals surface area contributed by atoms with Crippen molar-refractivity contribution in [2.75, 3.05) is 38.0 Å². The number of hydrogen-bond donors (Lipinski definition) is 2. The molecule has 2 rings (SSSR count). The Morgan fingerprint density at radius 2 is 0.810 bits per heavy atom. The number of phenolic OH excluding ortho intramolecular Hbond substituents is 2. The average molecular weight is 290 g/mol. The van der Waals surface area contributed by atoms with E-state index in [0.717, 1.165) is 11.4 Å². The van der Waals surface area contributed by atoms with E-state index in [1.165, 1.54) is 0 Å². The van der Waals surface area contributed by atoms with Gasteiger partial charge in [0.1, 0.15) is 11.5 Å². The van der Waals surface area contributed by atoms with Crippen LogP contribution in [0.25, 0.3) is 0 Å². The Morgan fingerprint density at radius 3 is 1.00 bits per heavy atom. The van der Waals surface area contributed by atoms with Crippen molar-refractivity contribution in [1.82, 2.24) is 0 Å². The van der Waals surface area contributed by atoms with Crippen molar-refractivity contribution < 1.29 is 10.2 Å². The molecular formula is C17H26N2O2. The van der Waals surface area contributed by atoms with Gasteiger partial charge in [-0.2, -0.15) is 0 Å². The fraction of sp³-hybridized carbons (Fsp3) is 0.294. The molecule has 116 valence electrons. The highest BCUT2D eigenvalue weighted by molar-refractivity contribution is 5.47. The lowest BCUT2D eigenvalue weighted by Crippen LogP contribution is -2.07. The number of hydrogen-bond acceptors (Lipinski definition) is 4. The Balaban J connectivity index is 0.000000364. The van der Waals surface area contributed by atoms with Gasteiger partial charge in [0.2, 0.25) is 0 Å². The number of anilines is 2. The molecule has 0 saturated heterocycles. The predicted molar refractivity (Wildman–Crippen MR) is 91.6 cm³/mol. The van der Waals surface area contributed by atoms with Crippen molar-refractivity contribution >= 4 is 11.4 Å². The minimum Gasteiger partial charge on any atom is -0.508 e. The van der Waals surface area contributed by atoms with Crippen molar-refractivity contribution in [2.45, 2.75) is 7.43 Å². The predicted octanol–water partition coefficient (Wildman–Crippen LogP) is 3.55. The van der Waals surface area contributed by atoms with Crippen LogP contribution in [-0.2, 0) is 0 Å². The van der Waals surface area contributed by atoms with E-state index in [9.17, 15) is 0 Å². The van der Waals surface area contributed by atoms with Crippen molar-refractivity contribution in [1.29, 1.82) is 0 Å². The molecule has 0 heterocycles. The molecule has 4 heteroatoms. The monoisotopic (exact) mass is 290 g/mol. The molecule has 0 aromatic heterocycles. The fourth-order valence-electron chi connectivity index (χ4n) is 1.50. The van der Waals surface area contributed by atoms with Crippen LogP contribution in [0.5, 0.6) is 11.5 Å². The average Bonchev–Trinajstić information content (AvgIpc) is 2.40. The van der Waals surface area contributed by atoms with Crippen molar-refractivity contribution in [3.8, 4) is 11.5 Å². The van der Waals surface area contributed by atoms with Crippen LogP contribution in [0.3, 0.4) is 0 Å². The first-order valence-electron chi connectivity index (χ1n) is 6.33. The van der Waals surface area contributed by atoms with Gasteiger partial charge < -0.3 is 20.0 Å². The van der Waals surface area contributed by atoms with E-state index in [-0.39, 0.29) is 7.43 Å². The summed E-state index contributed by atoms with van der Waals surface area (Å²) < 4.78 is 0. The molecule has 4 nitrogen and oxygen atoms in total. The third-order valence-corrected chi connectivity index (χ3v) is 2.73. The van der Waals surface area contributed by atoms with Gasteiger partial charge >= 0.3 is 0 Å². The molecule has 0 amide bonds. The zero-order chi connectivity index (χ0) is 15.1. The van der Waals surface area contributed by atoms with Crippen molar-refractivity contribution in [3.63, 3.8) is 0 Å². The normalized spacial score (nSPS) is 8.95. The second-order valence-corrected chi connectivity index (χ2v) is 4.82. The lowest BCUT2D eigenvalue weighted by molar-refractivity contribution is 0.475. The summed E-state index contributed by atoms with van der Waals surface area (Å²) in [5, 5.41) is 17.8. The molecule has 0 bridgehead atoms. The molecule has 0 fully saturated rings. The maximum Gasteiger partial charge on any atom is 0.115 e. The van der Waals surface area contributed by atoms with Gasteiger partial charge in [0.05, 0.1) is 0 Å². The van der Waals surface area contributed by atoms with Gasteiger partial charge in [0.15, 0.2) is 0 Å². The van der Waals surface area contributed by atoms with E-state index in [0.29, 0.717) is 11.5 Å². The summed E-state index contributed by atoms with van der Waals surface area (Å²) >= 11 is 0. The van der Waals surface area contributed by atoms with Gasteiger partial charge in [-0.15, -0.1) is 0 Å². The number of nitrogens with zero attached hydrogens (tertiary/aromatic N) is 2. The number of benzene rings is 2. The summed E-state index contributed by atoms with van der Waals surface area (Å²) in [5.41, 5.74) is 2.19. The topological polar surface area (TPSA) is 46.9 Å². The first-order chi connectivity index (χ1) is 9.40. The zero-order valence-electron chi connectivity index (χ0n) is 12.4. The van der Waals surface area contributed by atoms with Crippen LogP contribution in [0.2, 0.25) is 0 Å². The quantitative estimate of drug-likeness (QED) is 0.888. The Labute approximate surface area is 127 Å². The van der Waals surface area contributed by atoms with Crippen LogP contribution >= 0.6 is 0 Å². The first-order valence-corrected chi connectivity index (χ1v) is 6.33. The van der Waals surface area contributed by atoms with E-state index >= 15 is 0 Å². The molecule has 0 aliphatic rings. The fourth-order valence-corrected chi connectivity index (χ4v) is 1.50. The minimum absolute atomic E-state index is 0. The van der Waals surface area contributed by atoms with Crippen LogP contribution in [-0.4, -0.2) is 38.4 Å². The molecule has 0 saturated carbocycles. The SMILES string of the molecule is C.CN(C)c1ccc(O)cc1.CN(C)c1ccc(O)cc1. The maximum absolute atomic E-state index is 8.92. The molecule has 0 aliphatic carbocycles. The Bertz CT molecular complexity index is 456. The zero-order valence-corrected chi connectivity index (χ0v) is 12.4. The van der Waals surface area contributed by atoms with Gasteiger partial charge in [-0.1, -0.05) is 7.43 Å². The van der Waals surface area contributed by atoms with Crippen LogP contribution in [0.4, 0.5) is 11.4 Å². The molecule has 0 radical (unpaired) electrons. The molecule has 0 atom stereocenters. The summed E-state index contributed by atoms with van der Waals surface area (Å²) in [4.78, 5) is 3.97. The van der Waals surface area contributed by atoms with E-state index in [1.54, 1.807) is 24.3 Å². The summed E-state index contributed by atoms with van der Waals surface area (Å²) in [5.74, 6) is 0.621. The van der Waals surface area contributed by atoms with Gasteiger partial charge in [-0.25, -0.2) is 0 Å². The molecular weight excluding hydrogens is 264 g/mol. The van der Waals surface area contributed by atoms with E-state index in [2.05, 4.69) is 0 Å². The molecule has 2 aromatic rings. The van der Waals surface area contributed by atoms with E-state index in [1.807, 2.05) is 62.3 Å². The number of aromatic hydroxyl groups is 2. The van der Waals surface area contributed by atoms with Crippen LogP contribution in [0.1, 0.15) is 7.43 Å². The molecule has 0 unspecified atom stereocenters. The minimum atomic E-state index is 0.